The van der Waals surface area contributed by atoms with Gasteiger partial charge in [-0.1, -0.05) is 15.9 Å². The normalized spacial score (nSPS) is 26.0. The van der Waals surface area contributed by atoms with E-state index in [1.807, 2.05) is 0 Å². The van der Waals surface area contributed by atoms with Crippen LogP contribution in [0.3, 0.4) is 0 Å². The molecular weight excluding hydrogens is 338 g/mol. The summed E-state index contributed by atoms with van der Waals surface area (Å²) in [5.41, 5.74) is 6.76. The molecule has 3 rings (SSSR count). The Morgan fingerprint density at radius 2 is 2.05 bits per heavy atom. The number of halogens is 1. The van der Waals surface area contributed by atoms with Crippen molar-refractivity contribution in [3.8, 4) is 0 Å². The van der Waals surface area contributed by atoms with E-state index in [4.69, 9.17) is 5.73 Å². The third kappa shape index (κ3) is 2.67. The van der Waals surface area contributed by atoms with Crippen LogP contribution < -0.4 is 5.73 Å². The van der Waals surface area contributed by atoms with Gasteiger partial charge in [-0.05, 0) is 31.4 Å². The molecule has 0 radical (unpaired) electrons. The van der Waals surface area contributed by atoms with E-state index >= 15 is 0 Å². The lowest BCUT2D eigenvalue weighted by Gasteiger charge is -2.40. The predicted molar refractivity (Wildman–Crippen MR) is 80.6 cm³/mol. The molecule has 2 atom stereocenters. The van der Waals surface area contributed by atoms with Crippen molar-refractivity contribution in [3.63, 3.8) is 0 Å². The van der Waals surface area contributed by atoms with Crippen molar-refractivity contribution in [2.24, 2.45) is 5.73 Å². The molecule has 1 heterocycles. The van der Waals surface area contributed by atoms with Gasteiger partial charge in [0.1, 0.15) is 0 Å². The minimum atomic E-state index is -0.406. The molecule has 1 aliphatic heterocycles. The quantitative estimate of drug-likeness (QED) is 0.667. The standard InChI is InChI=1S/C14H16BrN3O3/c15-8-1-4-10(12(7-8)18(20)21)14-11(16)5-6-13(19)17(14)9-2-3-9/h1,4,7,9,11,14H,2-3,5-6,16H2. The van der Waals surface area contributed by atoms with Crippen LogP contribution in [0.4, 0.5) is 5.69 Å². The Morgan fingerprint density at radius 1 is 1.33 bits per heavy atom. The zero-order valence-corrected chi connectivity index (χ0v) is 13.0. The zero-order chi connectivity index (χ0) is 15.1. The van der Waals surface area contributed by atoms with E-state index in [2.05, 4.69) is 15.9 Å². The van der Waals surface area contributed by atoms with Crippen molar-refractivity contribution in [3.05, 3.63) is 38.3 Å². The molecule has 1 aromatic carbocycles. The number of nitro benzene ring substituents is 1. The van der Waals surface area contributed by atoms with Gasteiger partial charge in [0, 0.05) is 29.0 Å². The minimum Gasteiger partial charge on any atom is -0.331 e. The largest absolute Gasteiger partial charge is 0.331 e. The van der Waals surface area contributed by atoms with Crippen LogP contribution in [-0.4, -0.2) is 27.8 Å². The fourth-order valence-corrected chi connectivity index (χ4v) is 3.38. The third-order valence-electron chi connectivity index (χ3n) is 4.13. The zero-order valence-electron chi connectivity index (χ0n) is 11.4. The van der Waals surface area contributed by atoms with Gasteiger partial charge in [0.2, 0.25) is 5.91 Å². The van der Waals surface area contributed by atoms with Crippen molar-refractivity contribution < 1.29 is 9.72 Å². The highest BCUT2D eigenvalue weighted by atomic mass is 79.9. The highest BCUT2D eigenvalue weighted by Gasteiger charge is 2.44. The molecule has 2 aliphatic rings. The molecule has 2 fully saturated rings. The Balaban J connectivity index is 2.07. The van der Waals surface area contributed by atoms with Crippen LogP contribution in [0, 0.1) is 10.1 Å². The number of rotatable bonds is 3. The summed E-state index contributed by atoms with van der Waals surface area (Å²) in [4.78, 5) is 25.0. The van der Waals surface area contributed by atoms with Crippen LogP contribution in [0.25, 0.3) is 0 Å². The van der Waals surface area contributed by atoms with Crippen LogP contribution in [0.1, 0.15) is 37.3 Å². The van der Waals surface area contributed by atoms with Gasteiger partial charge < -0.3 is 10.6 Å². The van der Waals surface area contributed by atoms with Gasteiger partial charge >= 0.3 is 0 Å². The lowest BCUT2D eigenvalue weighted by molar-refractivity contribution is -0.386. The van der Waals surface area contributed by atoms with E-state index in [1.165, 1.54) is 6.07 Å². The van der Waals surface area contributed by atoms with Crippen LogP contribution in [-0.2, 0) is 4.79 Å². The number of nitro groups is 1. The summed E-state index contributed by atoms with van der Waals surface area (Å²) in [7, 11) is 0. The second-order valence-electron chi connectivity index (χ2n) is 5.64. The molecule has 21 heavy (non-hydrogen) atoms. The summed E-state index contributed by atoms with van der Waals surface area (Å²) in [6, 6.07) is 4.49. The maximum absolute atomic E-state index is 12.2. The summed E-state index contributed by atoms with van der Waals surface area (Å²) >= 11 is 3.26. The number of carbonyl (C=O) groups is 1. The van der Waals surface area contributed by atoms with E-state index in [1.54, 1.807) is 17.0 Å². The van der Waals surface area contributed by atoms with Gasteiger partial charge in [-0.2, -0.15) is 0 Å². The molecule has 1 amide bonds. The second kappa shape index (κ2) is 5.38. The number of nitrogens with zero attached hydrogens (tertiary/aromatic N) is 2. The molecule has 2 N–H and O–H groups in total. The summed E-state index contributed by atoms with van der Waals surface area (Å²) in [5, 5.41) is 11.3. The van der Waals surface area contributed by atoms with E-state index in [0.29, 0.717) is 22.9 Å². The number of hydrogen-bond acceptors (Lipinski definition) is 4. The van der Waals surface area contributed by atoms with Gasteiger partial charge in [-0.3, -0.25) is 14.9 Å². The second-order valence-corrected chi connectivity index (χ2v) is 6.56. The average molecular weight is 354 g/mol. The summed E-state index contributed by atoms with van der Waals surface area (Å²) in [6.07, 6.45) is 2.91. The van der Waals surface area contributed by atoms with Crippen molar-refractivity contribution in [2.45, 2.75) is 43.8 Å². The van der Waals surface area contributed by atoms with E-state index in [0.717, 1.165) is 12.8 Å². The Hall–Kier alpha value is -1.47. The molecule has 1 aliphatic carbocycles. The number of carbonyl (C=O) groups excluding carboxylic acids is 1. The van der Waals surface area contributed by atoms with Crippen molar-refractivity contribution in [1.82, 2.24) is 4.90 Å². The molecule has 1 saturated heterocycles. The lowest BCUT2D eigenvalue weighted by Crippen LogP contribution is -2.49. The van der Waals surface area contributed by atoms with Gasteiger partial charge in [-0.25, -0.2) is 0 Å². The maximum Gasteiger partial charge on any atom is 0.275 e. The van der Waals surface area contributed by atoms with Gasteiger partial charge in [0.25, 0.3) is 5.69 Å². The minimum absolute atomic E-state index is 0.0187. The monoisotopic (exact) mass is 353 g/mol. The van der Waals surface area contributed by atoms with Crippen LogP contribution in [0.2, 0.25) is 0 Å². The third-order valence-corrected chi connectivity index (χ3v) is 4.63. The summed E-state index contributed by atoms with van der Waals surface area (Å²) < 4.78 is 0.645. The lowest BCUT2D eigenvalue weighted by atomic mass is 9.89. The number of amides is 1. The molecule has 1 aromatic rings. The van der Waals surface area contributed by atoms with Crippen molar-refractivity contribution in [2.75, 3.05) is 0 Å². The Bertz CT molecular complexity index is 603. The highest BCUT2D eigenvalue weighted by molar-refractivity contribution is 9.10. The molecular formula is C14H16BrN3O3. The smallest absolute Gasteiger partial charge is 0.275 e. The topological polar surface area (TPSA) is 89.5 Å². The molecule has 1 saturated carbocycles. The average Bonchev–Trinajstić information content (AvgIpc) is 3.25. The summed E-state index contributed by atoms with van der Waals surface area (Å²) in [6.45, 7) is 0. The van der Waals surface area contributed by atoms with Gasteiger partial charge in [0.15, 0.2) is 0 Å². The van der Waals surface area contributed by atoms with Crippen molar-refractivity contribution in [1.29, 1.82) is 0 Å². The fourth-order valence-electron chi connectivity index (χ4n) is 3.03. The Labute approximate surface area is 130 Å². The molecule has 0 spiro atoms. The van der Waals surface area contributed by atoms with Crippen LogP contribution in [0.5, 0.6) is 0 Å². The fraction of sp³-hybridized carbons (Fsp3) is 0.500. The Morgan fingerprint density at radius 3 is 2.67 bits per heavy atom. The van der Waals surface area contributed by atoms with Gasteiger partial charge in [0.05, 0.1) is 16.5 Å². The number of hydrogen-bond donors (Lipinski definition) is 1. The molecule has 6 nitrogen and oxygen atoms in total. The highest BCUT2D eigenvalue weighted by Crippen LogP contribution is 2.42. The first-order chi connectivity index (χ1) is 9.99. The summed E-state index contributed by atoms with van der Waals surface area (Å²) in [5.74, 6) is 0.0569. The first-order valence-electron chi connectivity index (χ1n) is 6.99. The molecule has 2 unspecified atom stereocenters. The van der Waals surface area contributed by atoms with Crippen LogP contribution >= 0.6 is 15.9 Å². The predicted octanol–water partition coefficient (Wildman–Crippen LogP) is 2.51. The number of likely N-dealkylation sites (tertiary alicyclic amines) is 1. The number of piperidine rings is 1. The number of nitrogens with two attached hydrogens (primary N) is 1. The van der Waals surface area contributed by atoms with Gasteiger partial charge in [-0.15, -0.1) is 0 Å². The molecule has 7 heteroatoms. The Kier molecular flexibility index (Phi) is 3.71. The van der Waals surface area contributed by atoms with Crippen LogP contribution in [0.15, 0.2) is 22.7 Å². The number of benzene rings is 1. The molecule has 112 valence electrons. The maximum atomic E-state index is 12.2. The van der Waals surface area contributed by atoms with E-state index < -0.39 is 11.0 Å². The van der Waals surface area contributed by atoms with E-state index in [9.17, 15) is 14.9 Å². The first kappa shape index (κ1) is 14.5. The SMILES string of the molecule is NC1CCC(=O)N(C2CC2)C1c1ccc(Br)cc1[N+](=O)[O-]. The molecule has 0 aromatic heterocycles. The molecule has 0 bridgehead atoms. The van der Waals surface area contributed by atoms with Crippen molar-refractivity contribution >= 4 is 27.5 Å². The van der Waals surface area contributed by atoms with E-state index in [-0.39, 0.29) is 23.7 Å². The first-order valence-corrected chi connectivity index (χ1v) is 7.79.